The van der Waals surface area contributed by atoms with Crippen molar-refractivity contribution in [1.82, 2.24) is 0 Å². The largest absolute Gasteiger partial charge is 0.478 e. The highest BCUT2D eigenvalue weighted by Gasteiger charge is 2.11. The first-order valence-electron chi connectivity index (χ1n) is 5.95. The van der Waals surface area contributed by atoms with Crippen molar-refractivity contribution >= 4 is 11.7 Å². The zero-order valence-corrected chi connectivity index (χ0v) is 11.0. The number of carboxylic acids is 1. The van der Waals surface area contributed by atoms with E-state index in [1.54, 1.807) is 6.07 Å². The lowest BCUT2D eigenvalue weighted by molar-refractivity contribution is 0.0695. The van der Waals surface area contributed by atoms with E-state index in [1.165, 1.54) is 0 Å². The third kappa shape index (κ3) is 3.77. The summed E-state index contributed by atoms with van der Waals surface area (Å²) in [5.41, 5.74) is 2.41. The summed E-state index contributed by atoms with van der Waals surface area (Å²) in [6, 6.07) is 5.53. The van der Waals surface area contributed by atoms with Crippen LogP contribution in [0.4, 0.5) is 5.69 Å². The van der Waals surface area contributed by atoms with E-state index in [0.717, 1.165) is 24.1 Å². The molecule has 0 radical (unpaired) electrons. The summed E-state index contributed by atoms with van der Waals surface area (Å²) in [6.45, 7) is 4.30. The van der Waals surface area contributed by atoms with E-state index >= 15 is 0 Å². The second-order valence-corrected chi connectivity index (χ2v) is 4.97. The minimum Gasteiger partial charge on any atom is -0.478 e. The normalized spacial score (nSPS) is 10.6. The molecule has 0 saturated heterocycles. The second-order valence-electron chi connectivity index (χ2n) is 4.97. The molecule has 0 amide bonds. The van der Waals surface area contributed by atoms with Gasteiger partial charge in [0.05, 0.1) is 5.56 Å². The first kappa shape index (κ1) is 13.6. The van der Waals surface area contributed by atoms with E-state index in [4.69, 9.17) is 5.11 Å². The molecule has 1 N–H and O–H groups in total. The number of hydrogen-bond acceptors (Lipinski definition) is 2. The highest BCUT2D eigenvalue weighted by Crippen LogP contribution is 2.21. The Morgan fingerprint density at radius 3 is 2.47 bits per heavy atom. The van der Waals surface area contributed by atoms with Crippen LogP contribution in [0.15, 0.2) is 18.2 Å². The number of benzene rings is 1. The molecule has 0 bridgehead atoms. The zero-order chi connectivity index (χ0) is 13.0. The summed E-state index contributed by atoms with van der Waals surface area (Å²) in [4.78, 5) is 13.1. The Labute approximate surface area is 103 Å². The van der Waals surface area contributed by atoms with Gasteiger partial charge < -0.3 is 10.0 Å². The van der Waals surface area contributed by atoms with Crippen LogP contribution in [0.5, 0.6) is 0 Å². The molecule has 0 saturated carbocycles. The molecule has 3 heteroatoms. The van der Waals surface area contributed by atoms with Crippen molar-refractivity contribution in [3.8, 4) is 0 Å². The van der Waals surface area contributed by atoms with Crippen LogP contribution in [0, 0.1) is 5.92 Å². The van der Waals surface area contributed by atoms with E-state index in [1.807, 2.05) is 31.1 Å². The number of aromatic carboxylic acids is 1. The van der Waals surface area contributed by atoms with Gasteiger partial charge in [0.25, 0.3) is 0 Å². The molecule has 17 heavy (non-hydrogen) atoms. The average molecular weight is 235 g/mol. The van der Waals surface area contributed by atoms with Gasteiger partial charge >= 0.3 is 5.97 Å². The molecule has 1 aromatic carbocycles. The van der Waals surface area contributed by atoms with Crippen molar-refractivity contribution < 1.29 is 9.90 Å². The molecule has 0 aliphatic rings. The Hall–Kier alpha value is -1.51. The lowest BCUT2D eigenvalue weighted by atomic mass is 9.98. The number of anilines is 1. The fraction of sp³-hybridized carbons (Fsp3) is 0.500. The third-order valence-corrected chi connectivity index (χ3v) is 2.83. The van der Waals surface area contributed by atoms with E-state index in [0.29, 0.717) is 11.5 Å². The van der Waals surface area contributed by atoms with Crippen LogP contribution in [-0.2, 0) is 6.42 Å². The Morgan fingerprint density at radius 1 is 1.35 bits per heavy atom. The van der Waals surface area contributed by atoms with Gasteiger partial charge in [0.1, 0.15) is 0 Å². The fourth-order valence-corrected chi connectivity index (χ4v) is 1.72. The van der Waals surface area contributed by atoms with Crippen LogP contribution in [0.3, 0.4) is 0 Å². The van der Waals surface area contributed by atoms with Gasteiger partial charge in [-0.3, -0.25) is 0 Å². The Balaban J connectivity index is 3.02. The number of nitrogens with zero attached hydrogens (tertiary/aromatic N) is 1. The minimum absolute atomic E-state index is 0.427. The summed E-state index contributed by atoms with van der Waals surface area (Å²) in [7, 11) is 3.92. The van der Waals surface area contributed by atoms with Gasteiger partial charge in [-0.2, -0.15) is 0 Å². The van der Waals surface area contributed by atoms with Crippen LogP contribution in [0.2, 0.25) is 0 Å². The maximum atomic E-state index is 11.1. The van der Waals surface area contributed by atoms with E-state index in [-0.39, 0.29) is 0 Å². The van der Waals surface area contributed by atoms with Crippen molar-refractivity contribution in [3.63, 3.8) is 0 Å². The Bertz CT molecular complexity index is 397. The predicted octanol–water partition coefficient (Wildman–Crippen LogP) is 3.04. The zero-order valence-electron chi connectivity index (χ0n) is 11.0. The number of rotatable bonds is 5. The quantitative estimate of drug-likeness (QED) is 0.852. The maximum absolute atomic E-state index is 11.1. The molecule has 0 heterocycles. The van der Waals surface area contributed by atoms with Gasteiger partial charge in [0.2, 0.25) is 0 Å². The third-order valence-electron chi connectivity index (χ3n) is 2.83. The summed E-state index contributed by atoms with van der Waals surface area (Å²) in [5.74, 6) is -0.256. The summed E-state index contributed by atoms with van der Waals surface area (Å²) in [5, 5.41) is 9.15. The van der Waals surface area contributed by atoms with Crippen molar-refractivity contribution in [1.29, 1.82) is 0 Å². The molecular weight excluding hydrogens is 214 g/mol. The minimum atomic E-state index is -0.839. The van der Waals surface area contributed by atoms with Crippen LogP contribution in [0.1, 0.15) is 36.2 Å². The number of hydrogen-bond donors (Lipinski definition) is 1. The topological polar surface area (TPSA) is 40.5 Å². The van der Waals surface area contributed by atoms with Gasteiger partial charge in [0, 0.05) is 19.8 Å². The Kier molecular flexibility index (Phi) is 4.55. The summed E-state index contributed by atoms with van der Waals surface area (Å²) < 4.78 is 0. The van der Waals surface area contributed by atoms with Gasteiger partial charge in [-0.1, -0.05) is 13.8 Å². The molecule has 1 rings (SSSR count). The molecule has 94 valence electrons. The van der Waals surface area contributed by atoms with Crippen molar-refractivity contribution in [2.24, 2.45) is 5.92 Å². The lowest BCUT2D eigenvalue weighted by Crippen LogP contribution is -2.11. The smallest absolute Gasteiger partial charge is 0.335 e. The predicted molar refractivity (Wildman–Crippen MR) is 70.9 cm³/mol. The Morgan fingerprint density at radius 2 is 2.00 bits per heavy atom. The van der Waals surface area contributed by atoms with Crippen LogP contribution < -0.4 is 4.90 Å². The lowest BCUT2D eigenvalue weighted by Gasteiger charge is -2.16. The summed E-state index contributed by atoms with van der Waals surface area (Å²) in [6.07, 6.45) is 1.83. The number of carbonyl (C=O) groups is 1. The SMILES string of the molecule is CC(C)CCc1cc(N(C)C)ccc1C(=O)O. The molecule has 0 atom stereocenters. The maximum Gasteiger partial charge on any atom is 0.335 e. The van der Waals surface area contributed by atoms with Crippen molar-refractivity contribution in [3.05, 3.63) is 29.3 Å². The molecule has 0 aliphatic carbocycles. The van der Waals surface area contributed by atoms with Gasteiger partial charge in [-0.15, -0.1) is 0 Å². The molecule has 0 fully saturated rings. The standard InChI is InChI=1S/C14H21NO2/c1-10(2)5-6-11-9-12(15(3)4)7-8-13(11)14(16)17/h7-10H,5-6H2,1-4H3,(H,16,17). The van der Waals surface area contributed by atoms with E-state index < -0.39 is 5.97 Å². The van der Waals surface area contributed by atoms with Crippen molar-refractivity contribution in [2.75, 3.05) is 19.0 Å². The fourth-order valence-electron chi connectivity index (χ4n) is 1.72. The highest BCUT2D eigenvalue weighted by atomic mass is 16.4. The molecule has 0 unspecified atom stereocenters. The first-order chi connectivity index (χ1) is 7.91. The molecule has 1 aromatic rings. The average Bonchev–Trinajstić information content (AvgIpc) is 2.25. The second kappa shape index (κ2) is 5.71. The van der Waals surface area contributed by atoms with Crippen LogP contribution in [-0.4, -0.2) is 25.2 Å². The molecule has 0 spiro atoms. The molecular formula is C14H21NO2. The van der Waals surface area contributed by atoms with Gasteiger partial charge in [-0.25, -0.2) is 4.79 Å². The van der Waals surface area contributed by atoms with Crippen LogP contribution in [0.25, 0.3) is 0 Å². The first-order valence-corrected chi connectivity index (χ1v) is 5.95. The number of carboxylic acid groups (broad SMARTS) is 1. The van der Waals surface area contributed by atoms with E-state index in [9.17, 15) is 4.79 Å². The van der Waals surface area contributed by atoms with Crippen molar-refractivity contribution in [2.45, 2.75) is 26.7 Å². The highest BCUT2D eigenvalue weighted by molar-refractivity contribution is 5.90. The number of aryl methyl sites for hydroxylation is 1. The van der Waals surface area contributed by atoms with E-state index in [2.05, 4.69) is 13.8 Å². The summed E-state index contributed by atoms with van der Waals surface area (Å²) >= 11 is 0. The monoisotopic (exact) mass is 235 g/mol. The molecule has 0 aromatic heterocycles. The van der Waals surface area contributed by atoms with Crippen LogP contribution >= 0.6 is 0 Å². The van der Waals surface area contributed by atoms with Gasteiger partial charge in [0.15, 0.2) is 0 Å². The molecule has 0 aliphatic heterocycles. The van der Waals surface area contributed by atoms with Gasteiger partial charge in [-0.05, 0) is 42.5 Å². The molecule has 3 nitrogen and oxygen atoms in total.